The molecule has 0 bridgehead atoms. The quantitative estimate of drug-likeness (QED) is 0.497. The number of aromatic nitrogens is 4. The minimum absolute atomic E-state index is 0.0617. The molecule has 0 radical (unpaired) electrons. The van der Waals surface area contributed by atoms with E-state index in [4.69, 9.17) is 0 Å². The summed E-state index contributed by atoms with van der Waals surface area (Å²) in [6.07, 6.45) is 1.74. The number of amides is 1. The maximum absolute atomic E-state index is 12.5. The van der Waals surface area contributed by atoms with Crippen LogP contribution in [-0.2, 0) is 4.79 Å². The van der Waals surface area contributed by atoms with Crippen molar-refractivity contribution in [2.24, 2.45) is 0 Å². The van der Waals surface area contributed by atoms with Crippen molar-refractivity contribution in [2.75, 3.05) is 11.1 Å². The standard InChI is InChI=1S/C20H21N5OS2/c1-10-6-11(2)17(12(3)7-10)22-15(26)8-27-20-24-23-18-16-13(4)14(5)28-19(16)21-9-25(18)20/h6-7,9H,8H2,1-5H3,(H,22,26). The minimum Gasteiger partial charge on any atom is -0.325 e. The fourth-order valence-corrected chi connectivity index (χ4v) is 5.10. The van der Waals surface area contributed by atoms with Crippen molar-refractivity contribution in [3.8, 4) is 0 Å². The van der Waals surface area contributed by atoms with Crippen LogP contribution in [0.2, 0.25) is 0 Å². The third-order valence-corrected chi connectivity index (χ3v) is 6.88. The van der Waals surface area contributed by atoms with Crippen molar-refractivity contribution in [1.82, 2.24) is 19.6 Å². The fraction of sp³-hybridized carbons (Fsp3) is 0.300. The summed E-state index contributed by atoms with van der Waals surface area (Å²) >= 11 is 3.02. The fourth-order valence-electron chi connectivity index (χ4n) is 3.41. The molecule has 3 aromatic heterocycles. The molecule has 0 spiro atoms. The Morgan fingerprint density at radius 3 is 2.57 bits per heavy atom. The summed E-state index contributed by atoms with van der Waals surface area (Å²) in [4.78, 5) is 19.2. The number of benzene rings is 1. The topological polar surface area (TPSA) is 72.2 Å². The molecule has 0 atom stereocenters. The molecule has 4 aromatic rings. The van der Waals surface area contributed by atoms with E-state index in [0.717, 1.165) is 32.7 Å². The third kappa shape index (κ3) is 3.27. The Morgan fingerprint density at radius 2 is 1.86 bits per heavy atom. The molecule has 144 valence electrons. The van der Waals surface area contributed by atoms with E-state index >= 15 is 0 Å². The highest BCUT2D eigenvalue weighted by molar-refractivity contribution is 7.99. The Bertz CT molecular complexity index is 1200. The Morgan fingerprint density at radius 1 is 1.14 bits per heavy atom. The number of carbonyl (C=O) groups is 1. The molecule has 0 fully saturated rings. The van der Waals surface area contributed by atoms with Crippen LogP contribution in [0.3, 0.4) is 0 Å². The van der Waals surface area contributed by atoms with Crippen molar-refractivity contribution in [3.63, 3.8) is 0 Å². The molecule has 3 heterocycles. The second-order valence-electron chi connectivity index (χ2n) is 6.99. The maximum atomic E-state index is 12.5. The Hall–Kier alpha value is -2.45. The first kappa shape index (κ1) is 18.9. The second-order valence-corrected chi connectivity index (χ2v) is 9.14. The van der Waals surface area contributed by atoms with Gasteiger partial charge in [-0.1, -0.05) is 29.5 Å². The minimum atomic E-state index is -0.0617. The van der Waals surface area contributed by atoms with Gasteiger partial charge in [-0.25, -0.2) is 4.98 Å². The van der Waals surface area contributed by atoms with Crippen LogP contribution >= 0.6 is 23.1 Å². The van der Waals surface area contributed by atoms with Crippen LogP contribution in [0.1, 0.15) is 27.1 Å². The number of anilines is 1. The van der Waals surface area contributed by atoms with Gasteiger partial charge in [0.1, 0.15) is 11.2 Å². The molecule has 0 aliphatic carbocycles. The lowest BCUT2D eigenvalue weighted by atomic mass is 10.1. The van der Waals surface area contributed by atoms with Gasteiger partial charge in [-0.3, -0.25) is 9.20 Å². The number of aryl methyl sites for hydroxylation is 5. The first-order valence-electron chi connectivity index (χ1n) is 8.95. The number of rotatable bonds is 4. The SMILES string of the molecule is Cc1cc(C)c(NC(=O)CSc2nnc3c4c(C)c(C)sc4ncn23)c(C)c1. The van der Waals surface area contributed by atoms with Crippen LogP contribution in [0.25, 0.3) is 15.9 Å². The lowest BCUT2D eigenvalue weighted by molar-refractivity contribution is -0.113. The molecule has 0 unspecified atom stereocenters. The molecule has 0 saturated heterocycles. The van der Waals surface area contributed by atoms with E-state index in [2.05, 4.69) is 53.4 Å². The van der Waals surface area contributed by atoms with E-state index in [9.17, 15) is 4.79 Å². The average molecular weight is 412 g/mol. The highest BCUT2D eigenvalue weighted by atomic mass is 32.2. The predicted molar refractivity (Wildman–Crippen MR) is 116 cm³/mol. The molecule has 6 nitrogen and oxygen atoms in total. The van der Waals surface area contributed by atoms with Crippen molar-refractivity contribution < 1.29 is 4.79 Å². The number of hydrogen-bond donors (Lipinski definition) is 1. The number of carbonyl (C=O) groups excluding carboxylic acids is 1. The Balaban J connectivity index is 1.55. The predicted octanol–water partition coefficient (Wildman–Crippen LogP) is 4.61. The first-order valence-corrected chi connectivity index (χ1v) is 10.7. The zero-order valence-corrected chi connectivity index (χ0v) is 18.1. The van der Waals surface area contributed by atoms with E-state index in [-0.39, 0.29) is 11.7 Å². The molecule has 0 saturated carbocycles. The van der Waals surface area contributed by atoms with Crippen LogP contribution < -0.4 is 5.32 Å². The van der Waals surface area contributed by atoms with Gasteiger partial charge in [0.2, 0.25) is 5.91 Å². The lowest BCUT2D eigenvalue weighted by Gasteiger charge is -2.12. The summed E-state index contributed by atoms with van der Waals surface area (Å²) in [5, 5.41) is 13.4. The van der Waals surface area contributed by atoms with Crippen LogP contribution in [0.4, 0.5) is 5.69 Å². The first-order chi connectivity index (χ1) is 13.3. The average Bonchev–Trinajstić information content (AvgIpc) is 3.17. The molecule has 28 heavy (non-hydrogen) atoms. The van der Waals surface area contributed by atoms with Crippen molar-refractivity contribution in [3.05, 3.63) is 45.6 Å². The molecule has 1 amide bonds. The summed E-state index contributed by atoms with van der Waals surface area (Å²) in [6.45, 7) is 10.2. The Labute approximate surface area is 171 Å². The molecular formula is C20H21N5OS2. The number of fused-ring (bicyclic) bond motifs is 3. The third-order valence-electron chi connectivity index (χ3n) is 4.82. The molecule has 8 heteroatoms. The smallest absolute Gasteiger partial charge is 0.234 e. The number of thiophene rings is 1. The van der Waals surface area contributed by atoms with Crippen molar-refractivity contribution in [1.29, 1.82) is 0 Å². The van der Waals surface area contributed by atoms with Gasteiger partial charge in [0.05, 0.1) is 11.1 Å². The van der Waals surface area contributed by atoms with E-state index in [1.807, 2.05) is 18.2 Å². The van der Waals surface area contributed by atoms with E-state index < -0.39 is 0 Å². The normalized spacial score (nSPS) is 11.5. The zero-order chi connectivity index (χ0) is 20.0. The number of nitrogens with one attached hydrogen (secondary N) is 1. The van der Waals surface area contributed by atoms with Crippen LogP contribution in [-0.4, -0.2) is 31.2 Å². The monoisotopic (exact) mass is 411 g/mol. The van der Waals surface area contributed by atoms with Crippen LogP contribution in [0.5, 0.6) is 0 Å². The summed E-state index contributed by atoms with van der Waals surface area (Å²) in [5.74, 6) is 0.196. The van der Waals surface area contributed by atoms with Gasteiger partial charge >= 0.3 is 0 Å². The molecule has 1 N–H and O–H groups in total. The highest BCUT2D eigenvalue weighted by Crippen LogP contribution is 2.32. The van der Waals surface area contributed by atoms with Gasteiger partial charge in [0.25, 0.3) is 0 Å². The van der Waals surface area contributed by atoms with Gasteiger partial charge in [0.15, 0.2) is 10.8 Å². The molecular weight excluding hydrogens is 390 g/mol. The van der Waals surface area contributed by atoms with Gasteiger partial charge in [-0.15, -0.1) is 21.5 Å². The van der Waals surface area contributed by atoms with Gasteiger partial charge in [0, 0.05) is 10.6 Å². The van der Waals surface area contributed by atoms with Gasteiger partial charge in [-0.05, 0) is 51.3 Å². The summed E-state index contributed by atoms with van der Waals surface area (Å²) < 4.78 is 1.86. The van der Waals surface area contributed by atoms with E-state index in [1.54, 1.807) is 17.7 Å². The molecule has 0 aliphatic heterocycles. The summed E-state index contributed by atoms with van der Waals surface area (Å²) in [7, 11) is 0. The molecule has 1 aromatic carbocycles. The van der Waals surface area contributed by atoms with Crippen LogP contribution in [0, 0.1) is 34.6 Å². The lowest BCUT2D eigenvalue weighted by Crippen LogP contribution is -2.16. The van der Waals surface area contributed by atoms with E-state index in [0.29, 0.717) is 5.16 Å². The largest absolute Gasteiger partial charge is 0.325 e. The van der Waals surface area contributed by atoms with Gasteiger partial charge in [-0.2, -0.15) is 0 Å². The Kier molecular flexibility index (Phi) is 4.84. The number of thioether (sulfide) groups is 1. The van der Waals surface area contributed by atoms with Crippen LogP contribution in [0.15, 0.2) is 23.6 Å². The molecule has 4 rings (SSSR count). The summed E-state index contributed by atoms with van der Waals surface area (Å²) in [6, 6.07) is 4.15. The van der Waals surface area contributed by atoms with Gasteiger partial charge < -0.3 is 5.32 Å². The summed E-state index contributed by atoms with van der Waals surface area (Å²) in [5.41, 5.74) is 6.19. The highest BCUT2D eigenvalue weighted by Gasteiger charge is 2.16. The number of nitrogens with zero attached hydrogens (tertiary/aromatic N) is 4. The van der Waals surface area contributed by atoms with Crippen molar-refractivity contribution in [2.45, 2.75) is 39.8 Å². The second kappa shape index (κ2) is 7.18. The number of hydrogen-bond acceptors (Lipinski definition) is 6. The van der Waals surface area contributed by atoms with Crippen molar-refractivity contribution >= 4 is 50.6 Å². The maximum Gasteiger partial charge on any atom is 0.234 e. The molecule has 0 aliphatic rings. The van der Waals surface area contributed by atoms with E-state index in [1.165, 1.54) is 27.8 Å². The zero-order valence-electron chi connectivity index (χ0n) is 16.5.